The van der Waals surface area contributed by atoms with Gasteiger partial charge < -0.3 is 15.5 Å². The summed E-state index contributed by atoms with van der Waals surface area (Å²) in [6.45, 7) is 0.145. The van der Waals surface area contributed by atoms with E-state index in [0.29, 0.717) is 40.1 Å². The van der Waals surface area contributed by atoms with Gasteiger partial charge in [-0.2, -0.15) is 0 Å². The van der Waals surface area contributed by atoms with Crippen LogP contribution >= 0.6 is 11.3 Å². The van der Waals surface area contributed by atoms with E-state index in [0.717, 1.165) is 0 Å². The molecule has 8 heteroatoms. The molecule has 1 atom stereocenters. The van der Waals surface area contributed by atoms with Gasteiger partial charge in [0.05, 0.1) is 16.8 Å². The lowest BCUT2D eigenvalue weighted by Gasteiger charge is -2.15. The number of nitrogens with zero attached hydrogens (tertiary/aromatic N) is 2. The van der Waals surface area contributed by atoms with Gasteiger partial charge in [0.2, 0.25) is 5.91 Å². The average Bonchev–Trinajstić information content (AvgIpc) is 3.32. The lowest BCUT2D eigenvalue weighted by molar-refractivity contribution is -0.126. The van der Waals surface area contributed by atoms with Gasteiger partial charge in [0.25, 0.3) is 0 Å². The molecule has 28 heavy (non-hydrogen) atoms. The molecule has 1 amide bonds. The van der Waals surface area contributed by atoms with Crippen molar-refractivity contribution in [2.45, 2.75) is 6.42 Å². The average molecular weight is 393 g/mol. The third-order valence-electron chi connectivity index (χ3n) is 4.61. The van der Waals surface area contributed by atoms with E-state index in [2.05, 4.69) is 27.1 Å². The quantitative estimate of drug-likeness (QED) is 0.586. The van der Waals surface area contributed by atoms with Crippen molar-refractivity contribution in [3.05, 3.63) is 47.0 Å². The maximum Gasteiger partial charge on any atom is 0.356 e. The number of aliphatic hydroxyl groups excluding tert-OH is 1. The Morgan fingerprint density at radius 1 is 1.32 bits per heavy atom. The van der Waals surface area contributed by atoms with Crippen LogP contribution in [0.5, 0.6) is 0 Å². The number of aromatic carboxylic acids is 1. The molecule has 2 aromatic heterocycles. The maximum atomic E-state index is 12.0. The van der Waals surface area contributed by atoms with E-state index in [9.17, 15) is 19.8 Å². The number of fused-ring (bicyclic) bond motifs is 1. The van der Waals surface area contributed by atoms with Crippen LogP contribution in [0, 0.1) is 17.3 Å². The third-order valence-corrected chi connectivity index (χ3v) is 5.53. The van der Waals surface area contributed by atoms with Crippen molar-refractivity contribution in [1.82, 2.24) is 15.3 Å². The molecular weight excluding hydrogens is 378 g/mol. The minimum Gasteiger partial charge on any atom is -0.476 e. The van der Waals surface area contributed by atoms with Gasteiger partial charge in [-0.05, 0) is 30.0 Å². The highest BCUT2D eigenvalue weighted by Crippen LogP contribution is 2.27. The molecular formula is C20H15N3O4S. The summed E-state index contributed by atoms with van der Waals surface area (Å²) in [7, 11) is 0. The molecule has 1 aliphatic heterocycles. The Kier molecular flexibility index (Phi) is 4.55. The molecule has 0 aliphatic carbocycles. The summed E-state index contributed by atoms with van der Waals surface area (Å²) in [4.78, 5) is 32.2. The molecule has 1 aromatic carbocycles. The first-order valence-electron chi connectivity index (χ1n) is 8.54. The van der Waals surface area contributed by atoms with E-state index >= 15 is 0 Å². The zero-order valence-electron chi connectivity index (χ0n) is 14.6. The molecule has 140 valence electrons. The van der Waals surface area contributed by atoms with E-state index in [4.69, 9.17) is 0 Å². The highest BCUT2D eigenvalue weighted by atomic mass is 32.1. The Morgan fingerprint density at radius 2 is 2.18 bits per heavy atom. The Balaban J connectivity index is 1.74. The minimum atomic E-state index is -1.11. The Bertz CT molecular complexity index is 1160. The van der Waals surface area contributed by atoms with E-state index in [-0.39, 0.29) is 18.2 Å². The molecule has 0 unspecified atom stereocenters. The standard InChI is InChI=1S/C20H15N3O4S/c24-11-20(7-8-21-19(20)27)6-4-12-2-1-3-13(10-12)17-22-14-5-9-28-16(14)15(23-17)18(25)26/h1-3,5,9-10,24H,7-8,11H2,(H,21,27)(H,25,26)/t20-/m0/s1. The Morgan fingerprint density at radius 3 is 2.89 bits per heavy atom. The summed E-state index contributed by atoms with van der Waals surface area (Å²) in [5, 5.41) is 23.5. The van der Waals surface area contributed by atoms with Gasteiger partial charge in [-0.3, -0.25) is 4.79 Å². The molecule has 1 aliphatic rings. The number of rotatable bonds is 3. The van der Waals surface area contributed by atoms with Gasteiger partial charge in [0.15, 0.2) is 11.5 Å². The molecule has 3 heterocycles. The Hall–Kier alpha value is -3.28. The molecule has 3 aromatic rings. The number of hydrogen-bond acceptors (Lipinski definition) is 6. The van der Waals surface area contributed by atoms with Crippen LogP contribution < -0.4 is 5.32 Å². The highest BCUT2D eigenvalue weighted by Gasteiger charge is 2.40. The summed E-state index contributed by atoms with van der Waals surface area (Å²) in [6.07, 6.45) is 0.453. The first-order chi connectivity index (χ1) is 13.5. The van der Waals surface area contributed by atoms with Crippen LogP contribution in [-0.4, -0.2) is 45.2 Å². The number of hydrogen-bond donors (Lipinski definition) is 3. The molecule has 1 saturated heterocycles. The largest absolute Gasteiger partial charge is 0.476 e. The molecule has 0 saturated carbocycles. The fourth-order valence-electron chi connectivity index (χ4n) is 3.05. The summed E-state index contributed by atoms with van der Waals surface area (Å²) >= 11 is 1.28. The monoisotopic (exact) mass is 393 g/mol. The fourth-order valence-corrected chi connectivity index (χ4v) is 3.86. The number of thiophene rings is 1. The number of carbonyl (C=O) groups excluding carboxylic acids is 1. The normalized spacial score (nSPS) is 18.5. The topological polar surface area (TPSA) is 112 Å². The van der Waals surface area contributed by atoms with E-state index in [1.165, 1.54) is 11.3 Å². The van der Waals surface area contributed by atoms with E-state index in [1.807, 2.05) is 0 Å². The van der Waals surface area contributed by atoms with E-state index < -0.39 is 11.4 Å². The molecule has 0 spiro atoms. The predicted octanol–water partition coefficient (Wildman–Crippen LogP) is 1.91. The minimum absolute atomic E-state index is 0.0339. The highest BCUT2D eigenvalue weighted by molar-refractivity contribution is 7.17. The molecule has 1 fully saturated rings. The number of carboxylic acids is 1. The predicted molar refractivity (Wildman–Crippen MR) is 104 cm³/mol. The summed E-state index contributed by atoms with van der Waals surface area (Å²) < 4.78 is 0.532. The van der Waals surface area contributed by atoms with Gasteiger partial charge in [-0.1, -0.05) is 24.0 Å². The second-order valence-corrected chi connectivity index (χ2v) is 7.33. The van der Waals surface area contributed by atoms with Crippen molar-refractivity contribution < 1.29 is 19.8 Å². The number of aromatic nitrogens is 2. The third kappa shape index (κ3) is 3.11. The first-order valence-corrected chi connectivity index (χ1v) is 9.42. The van der Waals surface area contributed by atoms with Gasteiger partial charge in [-0.15, -0.1) is 11.3 Å². The molecule has 3 N–H and O–H groups in total. The lowest BCUT2D eigenvalue weighted by atomic mass is 9.88. The van der Waals surface area contributed by atoms with Crippen LogP contribution in [0.4, 0.5) is 0 Å². The van der Waals surface area contributed by atoms with Crippen LogP contribution in [0.2, 0.25) is 0 Å². The van der Waals surface area contributed by atoms with Crippen molar-refractivity contribution in [1.29, 1.82) is 0 Å². The van der Waals surface area contributed by atoms with Gasteiger partial charge >= 0.3 is 5.97 Å². The van der Waals surface area contributed by atoms with Gasteiger partial charge in [-0.25, -0.2) is 14.8 Å². The van der Waals surface area contributed by atoms with Crippen LogP contribution in [-0.2, 0) is 4.79 Å². The van der Waals surface area contributed by atoms with Gasteiger partial charge in [0, 0.05) is 17.7 Å². The van der Waals surface area contributed by atoms with Crippen LogP contribution in [0.1, 0.15) is 22.5 Å². The SMILES string of the molecule is O=C(O)c1nc(-c2cccc(C#C[C@@]3(CO)CCNC3=O)c2)nc2ccsc12. The van der Waals surface area contributed by atoms with Crippen LogP contribution in [0.3, 0.4) is 0 Å². The number of carbonyl (C=O) groups is 2. The molecule has 0 radical (unpaired) electrons. The Labute approximate surface area is 164 Å². The summed E-state index contributed by atoms with van der Waals surface area (Å²) in [6, 6.07) is 8.81. The van der Waals surface area contributed by atoms with Crippen LogP contribution in [0.25, 0.3) is 21.6 Å². The maximum absolute atomic E-state index is 12.0. The van der Waals surface area contributed by atoms with Crippen LogP contribution in [0.15, 0.2) is 35.7 Å². The number of amides is 1. The second-order valence-electron chi connectivity index (χ2n) is 6.41. The van der Waals surface area contributed by atoms with Crippen molar-refractivity contribution in [3.8, 4) is 23.2 Å². The summed E-state index contributed by atoms with van der Waals surface area (Å²) in [5.74, 6) is 4.77. The zero-order chi connectivity index (χ0) is 19.7. The second kappa shape index (κ2) is 7.03. The van der Waals surface area contributed by atoms with E-state index in [1.54, 1.807) is 35.7 Å². The zero-order valence-corrected chi connectivity index (χ0v) is 15.4. The molecule has 4 rings (SSSR count). The first kappa shape index (κ1) is 18.1. The van der Waals surface area contributed by atoms with Crippen molar-refractivity contribution in [2.75, 3.05) is 13.2 Å². The molecule has 7 nitrogen and oxygen atoms in total. The molecule has 0 bridgehead atoms. The van der Waals surface area contributed by atoms with Crippen molar-refractivity contribution in [2.24, 2.45) is 5.41 Å². The van der Waals surface area contributed by atoms with Gasteiger partial charge in [0.1, 0.15) is 5.41 Å². The fraction of sp³-hybridized carbons (Fsp3) is 0.200. The number of aliphatic hydroxyl groups is 1. The number of carboxylic acid groups (broad SMARTS) is 1. The smallest absolute Gasteiger partial charge is 0.356 e. The lowest BCUT2D eigenvalue weighted by Crippen LogP contribution is -2.33. The summed E-state index contributed by atoms with van der Waals surface area (Å²) in [5.41, 5.74) is 0.699. The number of benzene rings is 1. The van der Waals surface area contributed by atoms with Crippen molar-refractivity contribution >= 4 is 33.4 Å². The van der Waals surface area contributed by atoms with Crippen molar-refractivity contribution in [3.63, 3.8) is 0 Å². The number of nitrogens with one attached hydrogen (secondary N) is 1.